The maximum Gasteiger partial charge on any atom is 0.254 e. The Morgan fingerprint density at radius 1 is 1.26 bits per heavy atom. The summed E-state index contributed by atoms with van der Waals surface area (Å²) < 4.78 is 7.73. The lowest BCUT2D eigenvalue weighted by molar-refractivity contribution is 0.0664. The van der Waals surface area contributed by atoms with Crippen molar-refractivity contribution in [2.24, 2.45) is 0 Å². The quantitative estimate of drug-likeness (QED) is 0.713. The third-order valence-corrected chi connectivity index (χ3v) is 4.75. The summed E-state index contributed by atoms with van der Waals surface area (Å²) in [5, 5.41) is 19.2. The first-order valence-electron chi connectivity index (χ1n) is 8.89. The molecule has 3 aromatic rings. The van der Waals surface area contributed by atoms with Gasteiger partial charge in [0.15, 0.2) is 0 Å². The van der Waals surface area contributed by atoms with E-state index < -0.39 is 6.10 Å². The van der Waals surface area contributed by atoms with Gasteiger partial charge in [0.25, 0.3) is 5.91 Å². The summed E-state index contributed by atoms with van der Waals surface area (Å²) in [6, 6.07) is 12.4. The lowest BCUT2D eigenvalue weighted by Crippen LogP contribution is -2.37. The van der Waals surface area contributed by atoms with Crippen molar-refractivity contribution in [3.63, 3.8) is 0 Å². The molecule has 1 aromatic carbocycles. The van der Waals surface area contributed by atoms with E-state index in [-0.39, 0.29) is 25.1 Å². The van der Waals surface area contributed by atoms with Gasteiger partial charge in [0.1, 0.15) is 18.0 Å². The lowest BCUT2D eigenvalue weighted by atomic mass is 10.1. The number of benzene rings is 1. The van der Waals surface area contributed by atoms with Crippen molar-refractivity contribution in [1.82, 2.24) is 14.3 Å². The van der Waals surface area contributed by atoms with Crippen LogP contribution in [0.3, 0.4) is 0 Å². The maximum atomic E-state index is 12.7. The molecule has 2 aromatic heterocycles. The first-order valence-corrected chi connectivity index (χ1v) is 8.89. The van der Waals surface area contributed by atoms with Gasteiger partial charge in [-0.3, -0.25) is 4.79 Å². The van der Waals surface area contributed by atoms with E-state index in [0.29, 0.717) is 24.3 Å². The van der Waals surface area contributed by atoms with Crippen LogP contribution in [-0.2, 0) is 6.61 Å². The molecule has 3 heterocycles. The molecular weight excluding hydrogens is 346 g/mol. The van der Waals surface area contributed by atoms with Gasteiger partial charge in [-0.25, -0.2) is 4.98 Å². The van der Waals surface area contributed by atoms with Crippen molar-refractivity contribution in [2.75, 3.05) is 13.2 Å². The van der Waals surface area contributed by atoms with E-state index in [4.69, 9.17) is 4.74 Å². The van der Waals surface area contributed by atoms with Gasteiger partial charge in [-0.1, -0.05) is 12.1 Å². The van der Waals surface area contributed by atoms with Gasteiger partial charge >= 0.3 is 0 Å². The van der Waals surface area contributed by atoms with Crippen LogP contribution in [0.2, 0.25) is 0 Å². The third kappa shape index (κ3) is 3.65. The van der Waals surface area contributed by atoms with Crippen LogP contribution in [0.5, 0.6) is 5.75 Å². The van der Waals surface area contributed by atoms with Crippen LogP contribution < -0.4 is 4.74 Å². The molecule has 0 saturated carbocycles. The van der Waals surface area contributed by atoms with Crippen molar-refractivity contribution in [3.05, 3.63) is 66.1 Å². The Kier molecular flexibility index (Phi) is 4.79. The predicted octanol–water partition coefficient (Wildman–Crippen LogP) is 1.48. The third-order valence-electron chi connectivity index (χ3n) is 4.75. The number of β-amino-alcohol motifs (C(OH)–C–C–N with tert-alkyl or cyclic N) is 1. The number of likely N-dealkylation sites (tertiary alicyclic amines) is 1. The summed E-state index contributed by atoms with van der Waals surface area (Å²) in [6.07, 6.45) is 3.63. The molecule has 0 spiro atoms. The number of hydrogen-bond acceptors (Lipinski definition) is 5. The van der Waals surface area contributed by atoms with Crippen LogP contribution in [0.25, 0.3) is 5.65 Å². The number of hydrogen-bond donors (Lipinski definition) is 2. The zero-order valence-electron chi connectivity index (χ0n) is 14.7. The number of imidazole rings is 1. The van der Waals surface area contributed by atoms with Crippen LogP contribution in [0.1, 0.15) is 22.5 Å². The smallest absolute Gasteiger partial charge is 0.254 e. The van der Waals surface area contributed by atoms with Gasteiger partial charge in [-0.15, -0.1) is 0 Å². The second kappa shape index (κ2) is 7.38. The molecule has 7 nitrogen and oxygen atoms in total. The molecule has 2 atom stereocenters. The largest absolute Gasteiger partial charge is 0.487 e. The van der Waals surface area contributed by atoms with Gasteiger partial charge in [0, 0.05) is 24.5 Å². The molecule has 0 radical (unpaired) electrons. The highest BCUT2D eigenvalue weighted by atomic mass is 16.5. The van der Waals surface area contributed by atoms with Crippen molar-refractivity contribution >= 4 is 11.6 Å². The van der Waals surface area contributed by atoms with E-state index in [1.165, 1.54) is 4.90 Å². The van der Waals surface area contributed by atoms with Gasteiger partial charge in [-0.2, -0.15) is 0 Å². The number of carbonyl (C=O) groups is 1. The van der Waals surface area contributed by atoms with Gasteiger partial charge in [0.05, 0.1) is 24.4 Å². The molecule has 2 N–H and O–H groups in total. The fraction of sp³-hybridized carbons (Fsp3) is 0.300. The molecule has 1 fully saturated rings. The molecule has 27 heavy (non-hydrogen) atoms. The Morgan fingerprint density at radius 2 is 2.15 bits per heavy atom. The number of pyridine rings is 1. The van der Waals surface area contributed by atoms with Gasteiger partial charge < -0.3 is 24.3 Å². The average molecular weight is 367 g/mol. The highest BCUT2D eigenvalue weighted by Crippen LogP contribution is 2.22. The molecule has 4 rings (SSSR count). The van der Waals surface area contributed by atoms with Crippen LogP contribution in [-0.4, -0.2) is 55.7 Å². The number of ether oxygens (including phenoxy) is 1. The van der Waals surface area contributed by atoms with E-state index in [9.17, 15) is 15.0 Å². The molecule has 7 heteroatoms. The van der Waals surface area contributed by atoms with Gasteiger partial charge in [-0.05, 0) is 36.8 Å². The fourth-order valence-corrected chi connectivity index (χ4v) is 3.41. The first-order chi connectivity index (χ1) is 13.1. The van der Waals surface area contributed by atoms with Crippen molar-refractivity contribution < 1.29 is 19.7 Å². The van der Waals surface area contributed by atoms with E-state index in [2.05, 4.69) is 4.98 Å². The van der Waals surface area contributed by atoms with Crippen molar-refractivity contribution in [2.45, 2.75) is 25.2 Å². The number of amides is 1. The van der Waals surface area contributed by atoms with E-state index in [1.54, 1.807) is 24.3 Å². The topological polar surface area (TPSA) is 87.3 Å². The number of aromatic nitrogens is 2. The number of rotatable bonds is 5. The van der Waals surface area contributed by atoms with E-state index in [0.717, 1.165) is 11.3 Å². The lowest BCUT2D eigenvalue weighted by Gasteiger charge is -2.22. The van der Waals surface area contributed by atoms with E-state index >= 15 is 0 Å². The van der Waals surface area contributed by atoms with Crippen molar-refractivity contribution in [1.29, 1.82) is 0 Å². The molecule has 1 aliphatic rings. The molecule has 1 saturated heterocycles. The van der Waals surface area contributed by atoms with Crippen LogP contribution >= 0.6 is 0 Å². The highest BCUT2D eigenvalue weighted by Gasteiger charge is 2.34. The minimum Gasteiger partial charge on any atom is -0.487 e. The Morgan fingerprint density at radius 3 is 2.96 bits per heavy atom. The normalized spacial score (nSPS) is 19.6. The van der Waals surface area contributed by atoms with E-state index in [1.807, 2.05) is 35.0 Å². The molecule has 0 aliphatic carbocycles. The minimum atomic E-state index is -0.597. The number of aliphatic hydroxyl groups is 2. The second-order valence-corrected chi connectivity index (χ2v) is 6.70. The first kappa shape index (κ1) is 17.5. The second-order valence-electron chi connectivity index (χ2n) is 6.70. The minimum absolute atomic E-state index is 0.160. The van der Waals surface area contributed by atoms with Crippen LogP contribution in [0, 0.1) is 0 Å². The molecule has 140 valence electrons. The summed E-state index contributed by atoms with van der Waals surface area (Å²) in [4.78, 5) is 18.7. The highest BCUT2D eigenvalue weighted by molar-refractivity contribution is 5.95. The zero-order valence-corrected chi connectivity index (χ0v) is 14.7. The zero-order chi connectivity index (χ0) is 18.8. The predicted molar refractivity (Wildman–Crippen MR) is 98.5 cm³/mol. The molecular formula is C20H21N3O4. The Hall–Kier alpha value is -2.90. The summed E-state index contributed by atoms with van der Waals surface area (Å²) in [5.41, 5.74) is 2.11. The maximum absolute atomic E-state index is 12.7. The molecule has 1 aliphatic heterocycles. The standard InChI is InChI=1S/C20H21N3O4/c24-12-16-9-17(25)11-23(16)20(26)14-4-3-5-18(8-14)27-13-15-10-22-7-2-1-6-19(22)21-15/h1-8,10,16-17,24-25H,9,11-13H2/t16-,17-/m0/s1. The molecule has 0 bridgehead atoms. The summed E-state index contributed by atoms with van der Waals surface area (Å²) in [7, 11) is 0. The monoisotopic (exact) mass is 367 g/mol. The Balaban J connectivity index is 1.46. The Bertz CT molecular complexity index is 922. The number of nitrogens with zero attached hydrogens (tertiary/aromatic N) is 3. The fourth-order valence-electron chi connectivity index (χ4n) is 3.41. The summed E-state index contributed by atoms with van der Waals surface area (Å²) in [6.45, 7) is 0.365. The van der Waals surface area contributed by atoms with Gasteiger partial charge in [0.2, 0.25) is 0 Å². The molecule has 1 amide bonds. The SMILES string of the molecule is O=C(c1cccc(OCc2cn3ccccc3n2)c1)N1C[C@@H](O)C[C@H]1CO. The van der Waals surface area contributed by atoms with Crippen LogP contribution in [0.4, 0.5) is 0 Å². The number of aliphatic hydroxyl groups excluding tert-OH is 2. The average Bonchev–Trinajstić information content (AvgIpc) is 3.28. The number of carbonyl (C=O) groups excluding carboxylic acids is 1. The molecule has 0 unspecified atom stereocenters. The van der Waals surface area contributed by atoms with Crippen molar-refractivity contribution in [3.8, 4) is 5.75 Å². The summed E-state index contributed by atoms with van der Waals surface area (Å²) in [5.74, 6) is 0.349. The summed E-state index contributed by atoms with van der Waals surface area (Å²) >= 11 is 0. The van der Waals surface area contributed by atoms with Crippen LogP contribution in [0.15, 0.2) is 54.9 Å². The number of fused-ring (bicyclic) bond motifs is 1. The Labute approximate surface area is 156 Å².